The summed E-state index contributed by atoms with van der Waals surface area (Å²) in [5, 5.41) is 0. The first kappa shape index (κ1) is 16.5. The van der Waals surface area contributed by atoms with E-state index in [1.54, 1.807) is 0 Å². The molecule has 1 heterocycles. The third-order valence-electron chi connectivity index (χ3n) is 3.69. The third-order valence-corrected chi connectivity index (χ3v) is 3.69. The molecule has 0 N–H and O–H groups in total. The summed E-state index contributed by atoms with van der Waals surface area (Å²) in [5.41, 5.74) is 0. The van der Waals surface area contributed by atoms with Crippen LogP contribution < -0.4 is 0 Å². The van der Waals surface area contributed by atoms with Gasteiger partial charge in [-0.15, -0.1) is 0 Å². The van der Waals surface area contributed by atoms with Crippen LogP contribution in [0.15, 0.2) is 0 Å². The number of carbonyl (C=O) groups excluding carboxylic acids is 1. The molecule has 3 nitrogen and oxygen atoms in total. The molecule has 1 rings (SSSR count). The van der Waals surface area contributed by atoms with E-state index in [1.807, 2.05) is 0 Å². The molecule has 0 radical (unpaired) electrons. The number of ether oxygens (including phenoxy) is 2. The van der Waals surface area contributed by atoms with Gasteiger partial charge in [-0.1, -0.05) is 46.0 Å². The van der Waals surface area contributed by atoms with Crippen molar-refractivity contribution in [3.63, 3.8) is 0 Å². The lowest BCUT2D eigenvalue weighted by atomic mass is 10.0. The highest BCUT2D eigenvalue weighted by Gasteiger charge is 2.24. The van der Waals surface area contributed by atoms with E-state index in [-0.39, 0.29) is 12.3 Å². The summed E-state index contributed by atoms with van der Waals surface area (Å²) in [6, 6.07) is 0. The Bertz CT molecular complexity index is 240. The molecule has 1 aliphatic rings. The zero-order valence-corrected chi connectivity index (χ0v) is 12.7. The van der Waals surface area contributed by atoms with Gasteiger partial charge in [0.2, 0.25) is 6.29 Å². The molecule has 0 aromatic rings. The van der Waals surface area contributed by atoms with Gasteiger partial charge in [-0.2, -0.15) is 0 Å². The van der Waals surface area contributed by atoms with Gasteiger partial charge in [0.1, 0.15) is 0 Å². The molecule has 1 fully saturated rings. The Morgan fingerprint density at radius 3 is 2.63 bits per heavy atom. The van der Waals surface area contributed by atoms with E-state index in [2.05, 4.69) is 13.8 Å². The zero-order valence-electron chi connectivity index (χ0n) is 12.7. The van der Waals surface area contributed by atoms with Crippen molar-refractivity contribution >= 4 is 5.97 Å². The maximum atomic E-state index is 11.6. The minimum atomic E-state index is -0.283. The second kappa shape index (κ2) is 10.2. The summed E-state index contributed by atoms with van der Waals surface area (Å²) in [7, 11) is 0. The highest BCUT2D eigenvalue weighted by molar-refractivity contribution is 5.69. The van der Waals surface area contributed by atoms with Gasteiger partial charge in [-0.3, -0.25) is 4.79 Å². The highest BCUT2D eigenvalue weighted by atomic mass is 16.7. The standard InChI is InChI=1S/C16H30O3/c1-3-5-7-8-10-14-11-9-13-16(18-14)19-15(17)12-6-4-2/h14,16H,3-13H2,1-2H3/t14-,16+/m0/s1. The van der Waals surface area contributed by atoms with E-state index in [1.165, 1.54) is 25.7 Å². The van der Waals surface area contributed by atoms with Gasteiger partial charge in [0.25, 0.3) is 0 Å². The molecule has 0 saturated carbocycles. The molecule has 0 spiro atoms. The van der Waals surface area contributed by atoms with Crippen molar-refractivity contribution in [2.75, 3.05) is 0 Å². The lowest BCUT2D eigenvalue weighted by Crippen LogP contribution is -2.31. The minimum Gasteiger partial charge on any atom is -0.436 e. The van der Waals surface area contributed by atoms with E-state index in [0.29, 0.717) is 12.5 Å². The second-order valence-corrected chi connectivity index (χ2v) is 5.56. The van der Waals surface area contributed by atoms with Crippen LogP contribution in [0.3, 0.4) is 0 Å². The maximum Gasteiger partial charge on any atom is 0.308 e. The average molecular weight is 270 g/mol. The third kappa shape index (κ3) is 7.56. The lowest BCUT2D eigenvalue weighted by molar-refractivity contribution is -0.203. The Labute approximate surface area is 118 Å². The van der Waals surface area contributed by atoms with Crippen molar-refractivity contribution in [2.45, 2.75) is 96.9 Å². The van der Waals surface area contributed by atoms with Crippen molar-refractivity contribution in [1.29, 1.82) is 0 Å². The second-order valence-electron chi connectivity index (χ2n) is 5.56. The summed E-state index contributed by atoms with van der Waals surface area (Å²) >= 11 is 0. The predicted molar refractivity (Wildman–Crippen MR) is 76.9 cm³/mol. The molecule has 19 heavy (non-hydrogen) atoms. The van der Waals surface area contributed by atoms with E-state index in [4.69, 9.17) is 9.47 Å². The number of rotatable bonds is 9. The van der Waals surface area contributed by atoms with Crippen molar-refractivity contribution in [3.05, 3.63) is 0 Å². The van der Waals surface area contributed by atoms with Gasteiger partial charge < -0.3 is 9.47 Å². The monoisotopic (exact) mass is 270 g/mol. The number of carbonyl (C=O) groups is 1. The first-order chi connectivity index (χ1) is 9.26. The Kier molecular flexibility index (Phi) is 8.89. The predicted octanol–water partition coefficient (Wildman–Crippen LogP) is 4.59. The first-order valence-electron chi connectivity index (χ1n) is 8.11. The zero-order chi connectivity index (χ0) is 13.9. The molecule has 1 aliphatic heterocycles. The van der Waals surface area contributed by atoms with Gasteiger partial charge in [0.15, 0.2) is 0 Å². The summed E-state index contributed by atoms with van der Waals surface area (Å²) in [5.74, 6) is -0.0986. The quantitative estimate of drug-likeness (QED) is 0.454. The van der Waals surface area contributed by atoms with Gasteiger partial charge in [-0.05, 0) is 25.7 Å². The van der Waals surface area contributed by atoms with E-state index < -0.39 is 0 Å². The first-order valence-corrected chi connectivity index (χ1v) is 8.11. The average Bonchev–Trinajstić information content (AvgIpc) is 2.42. The Balaban J connectivity index is 2.16. The fourth-order valence-electron chi connectivity index (χ4n) is 2.49. The highest BCUT2D eigenvalue weighted by Crippen LogP contribution is 2.24. The lowest BCUT2D eigenvalue weighted by Gasteiger charge is -2.29. The summed E-state index contributed by atoms with van der Waals surface area (Å²) in [6.45, 7) is 4.31. The van der Waals surface area contributed by atoms with E-state index in [9.17, 15) is 4.79 Å². The summed E-state index contributed by atoms with van der Waals surface area (Å²) in [4.78, 5) is 11.6. The molecule has 0 bridgehead atoms. The normalized spacial score (nSPS) is 23.3. The van der Waals surface area contributed by atoms with Gasteiger partial charge >= 0.3 is 5.97 Å². The van der Waals surface area contributed by atoms with Crippen LogP contribution in [0.1, 0.15) is 84.5 Å². The van der Waals surface area contributed by atoms with Gasteiger partial charge in [0, 0.05) is 12.8 Å². The fraction of sp³-hybridized carbons (Fsp3) is 0.938. The topological polar surface area (TPSA) is 35.5 Å². The number of esters is 1. The molecule has 3 heteroatoms. The summed E-state index contributed by atoms with van der Waals surface area (Å²) < 4.78 is 11.3. The number of hydrogen-bond acceptors (Lipinski definition) is 3. The molecule has 1 saturated heterocycles. The van der Waals surface area contributed by atoms with Crippen LogP contribution in [0.5, 0.6) is 0 Å². The van der Waals surface area contributed by atoms with Crippen LogP contribution in [0.25, 0.3) is 0 Å². The molecular formula is C16H30O3. The molecule has 0 unspecified atom stereocenters. The van der Waals surface area contributed by atoms with Crippen LogP contribution in [0.4, 0.5) is 0 Å². The van der Waals surface area contributed by atoms with Crippen LogP contribution in [0.2, 0.25) is 0 Å². The van der Waals surface area contributed by atoms with Gasteiger partial charge in [-0.25, -0.2) is 0 Å². The van der Waals surface area contributed by atoms with E-state index >= 15 is 0 Å². The largest absolute Gasteiger partial charge is 0.436 e. The van der Waals surface area contributed by atoms with Crippen LogP contribution in [0, 0.1) is 0 Å². The van der Waals surface area contributed by atoms with Crippen LogP contribution in [-0.2, 0) is 14.3 Å². The Hall–Kier alpha value is -0.570. The van der Waals surface area contributed by atoms with Crippen molar-refractivity contribution < 1.29 is 14.3 Å². The SMILES string of the molecule is CCCCCC[C@H]1CCC[C@@H](OC(=O)CCCC)O1. The number of hydrogen-bond donors (Lipinski definition) is 0. The van der Waals surface area contributed by atoms with Crippen LogP contribution >= 0.6 is 0 Å². The maximum absolute atomic E-state index is 11.6. The molecule has 112 valence electrons. The molecule has 2 atom stereocenters. The van der Waals surface area contributed by atoms with Crippen LogP contribution in [-0.4, -0.2) is 18.4 Å². The Morgan fingerprint density at radius 2 is 1.89 bits per heavy atom. The molecule has 0 amide bonds. The van der Waals surface area contributed by atoms with Crippen molar-refractivity contribution in [2.24, 2.45) is 0 Å². The van der Waals surface area contributed by atoms with Gasteiger partial charge in [0.05, 0.1) is 6.10 Å². The molecule has 0 aliphatic carbocycles. The van der Waals surface area contributed by atoms with Crippen molar-refractivity contribution in [3.8, 4) is 0 Å². The molecule has 0 aromatic heterocycles. The smallest absolute Gasteiger partial charge is 0.308 e. The summed E-state index contributed by atoms with van der Waals surface area (Å²) in [6.07, 6.45) is 11.8. The van der Waals surface area contributed by atoms with E-state index in [0.717, 1.165) is 38.5 Å². The molecular weight excluding hydrogens is 240 g/mol. The van der Waals surface area contributed by atoms with Crippen molar-refractivity contribution in [1.82, 2.24) is 0 Å². The Morgan fingerprint density at radius 1 is 1.11 bits per heavy atom. The molecule has 0 aromatic carbocycles. The fourth-order valence-corrected chi connectivity index (χ4v) is 2.49. The minimum absolute atomic E-state index is 0.0986. The number of unbranched alkanes of at least 4 members (excludes halogenated alkanes) is 4.